The van der Waals surface area contributed by atoms with E-state index in [9.17, 15) is 9.90 Å². The molecule has 0 aliphatic rings. The number of phenols is 1. The predicted octanol–water partition coefficient (Wildman–Crippen LogP) is 4.19. The zero-order valence-corrected chi connectivity index (χ0v) is 13.2. The summed E-state index contributed by atoms with van der Waals surface area (Å²) in [6.45, 7) is 3.01. The van der Waals surface area contributed by atoms with E-state index in [-0.39, 0.29) is 11.7 Å². The fourth-order valence-corrected chi connectivity index (χ4v) is 2.35. The summed E-state index contributed by atoms with van der Waals surface area (Å²) in [7, 11) is 0. The maximum atomic E-state index is 11.7. The molecule has 3 nitrogen and oxygen atoms in total. The fourth-order valence-electron chi connectivity index (χ4n) is 2.35. The van der Waals surface area contributed by atoms with Crippen molar-refractivity contribution >= 4 is 5.91 Å². The van der Waals surface area contributed by atoms with Gasteiger partial charge in [0.15, 0.2) is 0 Å². The predicted molar refractivity (Wildman–Crippen MR) is 87.4 cm³/mol. The lowest BCUT2D eigenvalue weighted by Crippen LogP contribution is -2.26. The molecular formula is C18H29NO2. The first-order valence-electron chi connectivity index (χ1n) is 8.27. The van der Waals surface area contributed by atoms with E-state index in [0.717, 1.165) is 18.5 Å². The third-order valence-electron chi connectivity index (χ3n) is 3.65. The van der Waals surface area contributed by atoms with Gasteiger partial charge in [0.25, 0.3) is 0 Å². The Hall–Kier alpha value is -1.51. The number of hydrogen-bond donors (Lipinski definition) is 2. The maximum Gasteiger partial charge on any atom is 0.224 e. The number of benzene rings is 1. The van der Waals surface area contributed by atoms with Gasteiger partial charge in [0, 0.05) is 6.54 Å². The van der Waals surface area contributed by atoms with Crippen LogP contribution in [0.2, 0.25) is 0 Å². The molecular weight excluding hydrogens is 262 g/mol. The molecule has 0 aliphatic carbocycles. The van der Waals surface area contributed by atoms with Gasteiger partial charge in [-0.15, -0.1) is 0 Å². The third-order valence-corrected chi connectivity index (χ3v) is 3.65. The van der Waals surface area contributed by atoms with Crippen molar-refractivity contribution in [3.8, 4) is 5.75 Å². The van der Waals surface area contributed by atoms with Gasteiger partial charge in [-0.25, -0.2) is 0 Å². The Bertz CT molecular complexity index is 387. The molecule has 3 heteroatoms. The summed E-state index contributed by atoms with van der Waals surface area (Å²) >= 11 is 0. The van der Waals surface area contributed by atoms with Gasteiger partial charge in [-0.2, -0.15) is 0 Å². The fraction of sp³-hybridized carbons (Fsp3) is 0.611. The number of nitrogens with one attached hydrogen (secondary N) is 1. The lowest BCUT2D eigenvalue weighted by atomic mass is 10.1. The van der Waals surface area contributed by atoms with E-state index in [1.54, 1.807) is 24.3 Å². The van der Waals surface area contributed by atoms with Crippen molar-refractivity contribution < 1.29 is 9.90 Å². The normalized spacial score (nSPS) is 10.5. The largest absolute Gasteiger partial charge is 0.508 e. The molecule has 1 amide bonds. The Morgan fingerprint density at radius 2 is 1.52 bits per heavy atom. The van der Waals surface area contributed by atoms with Gasteiger partial charge >= 0.3 is 0 Å². The molecule has 2 N–H and O–H groups in total. The van der Waals surface area contributed by atoms with Crippen LogP contribution in [0, 0.1) is 0 Å². The lowest BCUT2D eigenvalue weighted by Gasteiger charge is -2.06. The number of phenolic OH excluding ortho intramolecular Hbond substituents is 1. The molecule has 0 saturated heterocycles. The summed E-state index contributed by atoms with van der Waals surface area (Å²) in [5.74, 6) is 0.293. The highest BCUT2D eigenvalue weighted by molar-refractivity contribution is 5.78. The van der Waals surface area contributed by atoms with E-state index in [0.29, 0.717) is 6.42 Å². The molecule has 0 spiro atoms. The second-order valence-electron chi connectivity index (χ2n) is 5.67. The van der Waals surface area contributed by atoms with E-state index < -0.39 is 0 Å². The molecule has 0 heterocycles. The highest BCUT2D eigenvalue weighted by Crippen LogP contribution is 2.10. The average Bonchev–Trinajstić information content (AvgIpc) is 2.48. The molecule has 1 aromatic carbocycles. The van der Waals surface area contributed by atoms with Crippen molar-refractivity contribution in [2.24, 2.45) is 0 Å². The van der Waals surface area contributed by atoms with Gasteiger partial charge in [-0.3, -0.25) is 4.79 Å². The third kappa shape index (κ3) is 9.11. The molecule has 118 valence electrons. The Morgan fingerprint density at radius 1 is 0.952 bits per heavy atom. The monoisotopic (exact) mass is 291 g/mol. The molecule has 1 aromatic rings. The number of unbranched alkanes of at least 4 members (excludes halogenated alkanes) is 7. The van der Waals surface area contributed by atoms with E-state index in [2.05, 4.69) is 12.2 Å². The minimum atomic E-state index is 0.0589. The zero-order chi connectivity index (χ0) is 15.3. The summed E-state index contributed by atoms with van der Waals surface area (Å²) in [4.78, 5) is 11.7. The van der Waals surface area contributed by atoms with Crippen LogP contribution in [0.25, 0.3) is 0 Å². The van der Waals surface area contributed by atoms with Gasteiger partial charge in [0.1, 0.15) is 5.75 Å². The number of aromatic hydroxyl groups is 1. The Morgan fingerprint density at radius 3 is 2.14 bits per heavy atom. The van der Waals surface area contributed by atoms with Crippen LogP contribution in [0.3, 0.4) is 0 Å². The molecule has 0 bridgehead atoms. The number of rotatable bonds is 11. The summed E-state index contributed by atoms with van der Waals surface area (Å²) in [6, 6.07) is 6.79. The van der Waals surface area contributed by atoms with E-state index in [4.69, 9.17) is 0 Å². The van der Waals surface area contributed by atoms with Crippen LogP contribution in [0.5, 0.6) is 5.75 Å². The number of hydrogen-bond acceptors (Lipinski definition) is 2. The van der Waals surface area contributed by atoms with Crippen LogP contribution in [0.1, 0.15) is 63.9 Å². The molecule has 0 aromatic heterocycles. The van der Waals surface area contributed by atoms with Crippen molar-refractivity contribution in [1.29, 1.82) is 0 Å². The first-order chi connectivity index (χ1) is 10.2. The molecule has 0 saturated carbocycles. The van der Waals surface area contributed by atoms with Crippen LogP contribution in [-0.2, 0) is 11.2 Å². The standard InChI is InChI=1S/C18H29NO2/c1-2-3-4-5-6-7-8-9-14-19-18(21)15-16-10-12-17(20)13-11-16/h10-13,20H,2-9,14-15H2,1H3,(H,19,21). The van der Waals surface area contributed by atoms with Crippen LogP contribution < -0.4 is 5.32 Å². The molecule has 0 fully saturated rings. The summed E-state index contributed by atoms with van der Waals surface area (Å²) in [5.41, 5.74) is 0.932. The van der Waals surface area contributed by atoms with Crippen LogP contribution in [0.4, 0.5) is 0 Å². The van der Waals surface area contributed by atoms with Gasteiger partial charge in [-0.05, 0) is 24.1 Å². The number of amides is 1. The first-order valence-corrected chi connectivity index (χ1v) is 8.27. The smallest absolute Gasteiger partial charge is 0.224 e. The topological polar surface area (TPSA) is 49.3 Å². The minimum Gasteiger partial charge on any atom is -0.508 e. The summed E-state index contributed by atoms with van der Waals surface area (Å²) in [6.07, 6.45) is 10.6. The van der Waals surface area contributed by atoms with Crippen molar-refractivity contribution in [2.75, 3.05) is 6.54 Å². The lowest BCUT2D eigenvalue weighted by molar-refractivity contribution is -0.120. The van der Waals surface area contributed by atoms with Gasteiger partial charge in [0.2, 0.25) is 5.91 Å². The van der Waals surface area contributed by atoms with Crippen molar-refractivity contribution in [3.63, 3.8) is 0 Å². The summed E-state index contributed by atoms with van der Waals surface area (Å²) < 4.78 is 0. The van der Waals surface area contributed by atoms with Crippen LogP contribution in [-0.4, -0.2) is 17.6 Å². The van der Waals surface area contributed by atoms with Crippen molar-refractivity contribution in [2.45, 2.75) is 64.7 Å². The molecule has 0 atom stereocenters. The molecule has 0 unspecified atom stereocenters. The van der Waals surface area contributed by atoms with E-state index in [1.807, 2.05) is 0 Å². The van der Waals surface area contributed by atoms with Gasteiger partial charge < -0.3 is 10.4 Å². The minimum absolute atomic E-state index is 0.0589. The Kier molecular flexibility index (Phi) is 9.34. The second kappa shape index (κ2) is 11.2. The average molecular weight is 291 g/mol. The van der Waals surface area contributed by atoms with Crippen molar-refractivity contribution in [1.82, 2.24) is 5.32 Å². The van der Waals surface area contributed by atoms with E-state index in [1.165, 1.54) is 44.9 Å². The highest BCUT2D eigenvalue weighted by atomic mass is 16.3. The quantitative estimate of drug-likeness (QED) is 0.601. The maximum absolute atomic E-state index is 11.7. The zero-order valence-electron chi connectivity index (χ0n) is 13.2. The summed E-state index contributed by atoms with van der Waals surface area (Å²) in [5, 5.41) is 12.1. The van der Waals surface area contributed by atoms with Crippen molar-refractivity contribution in [3.05, 3.63) is 29.8 Å². The second-order valence-corrected chi connectivity index (χ2v) is 5.67. The number of carbonyl (C=O) groups is 1. The number of carbonyl (C=O) groups excluding carboxylic acids is 1. The van der Waals surface area contributed by atoms with Gasteiger partial charge in [-0.1, -0.05) is 64.0 Å². The van der Waals surface area contributed by atoms with Gasteiger partial charge in [0.05, 0.1) is 6.42 Å². The highest BCUT2D eigenvalue weighted by Gasteiger charge is 2.02. The molecule has 21 heavy (non-hydrogen) atoms. The SMILES string of the molecule is CCCCCCCCCCNC(=O)Cc1ccc(O)cc1. The molecule has 0 aliphatic heterocycles. The Balaban J connectivity index is 1.97. The van der Waals surface area contributed by atoms with E-state index >= 15 is 0 Å². The first kappa shape index (κ1) is 17.5. The molecule has 1 rings (SSSR count). The molecule has 0 radical (unpaired) electrons. The Labute approximate surface area is 128 Å². The van der Waals surface area contributed by atoms with Crippen LogP contribution in [0.15, 0.2) is 24.3 Å². The van der Waals surface area contributed by atoms with Crippen LogP contribution >= 0.6 is 0 Å².